The van der Waals surface area contributed by atoms with Crippen molar-refractivity contribution in [3.8, 4) is 0 Å². The summed E-state index contributed by atoms with van der Waals surface area (Å²) in [6.45, 7) is 0.604. The van der Waals surface area contributed by atoms with E-state index in [1.807, 2.05) is 4.90 Å². The predicted molar refractivity (Wildman–Crippen MR) is 72.6 cm³/mol. The number of hydrogen-bond donors (Lipinski definition) is 1. The average molecular weight is 286 g/mol. The zero-order valence-electron chi connectivity index (χ0n) is 10.5. The first kappa shape index (κ1) is 14.0. The Labute approximate surface area is 116 Å². The van der Waals surface area contributed by atoms with Crippen molar-refractivity contribution in [1.82, 2.24) is 4.98 Å². The number of nitrogens with zero attached hydrogens (tertiary/aromatic N) is 3. The molecule has 0 aliphatic heterocycles. The highest BCUT2D eigenvalue weighted by Gasteiger charge is 2.30. The lowest BCUT2D eigenvalue weighted by Gasteiger charge is -2.38. The molecule has 2 rings (SSSR count). The molecule has 0 aromatic carbocycles. The van der Waals surface area contributed by atoms with Crippen LogP contribution in [0.3, 0.4) is 0 Å². The van der Waals surface area contributed by atoms with Gasteiger partial charge >= 0.3 is 5.69 Å². The second-order valence-corrected chi connectivity index (χ2v) is 4.98. The standard InChI is InChI=1S/C12H16ClN3O3/c13-11-6-5-10(16(18)19)12(14-11)15(7-2-8-17)9-3-1-4-9/h5-6,9,17H,1-4,7-8H2. The normalized spacial score (nSPS) is 15.1. The zero-order chi connectivity index (χ0) is 13.8. The molecule has 0 atom stereocenters. The maximum Gasteiger partial charge on any atom is 0.311 e. The van der Waals surface area contributed by atoms with E-state index in [2.05, 4.69) is 4.98 Å². The van der Waals surface area contributed by atoms with Crippen LogP contribution in [-0.2, 0) is 0 Å². The zero-order valence-corrected chi connectivity index (χ0v) is 11.2. The summed E-state index contributed by atoms with van der Waals surface area (Å²) in [4.78, 5) is 16.7. The van der Waals surface area contributed by atoms with Crippen molar-refractivity contribution in [2.45, 2.75) is 31.7 Å². The molecule has 1 fully saturated rings. The number of pyridine rings is 1. The number of aliphatic hydroxyl groups excluding tert-OH is 1. The van der Waals surface area contributed by atoms with Crippen LogP contribution in [0.25, 0.3) is 0 Å². The summed E-state index contributed by atoms with van der Waals surface area (Å²) in [5, 5.41) is 20.3. The van der Waals surface area contributed by atoms with Gasteiger partial charge in [0, 0.05) is 25.3 Å². The summed E-state index contributed by atoms with van der Waals surface area (Å²) in [5.41, 5.74) is -0.0331. The lowest BCUT2D eigenvalue weighted by molar-refractivity contribution is -0.384. The smallest absolute Gasteiger partial charge is 0.311 e. The Morgan fingerprint density at radius 2 is 2.26 bits per heavy atom. The van der Waals surface area contributed by atoms with E-state index in [1.54, 1.807) is 0 Å². The van der Waals surface area contributed by atoms with Crippen molar-refractivity contribution in [3.63, 3.8) is 0 Å². The van der Waals surface area contributed by atoms with Crippen LogP contribution >= 0.6 is 11.6 Å². The van der Waals surface area contributed by atoms with Crippen LogP contribution < -0.4 is 4.90 Å². The van der Waals surface area contributed by atoms with E-state index < -0.39 is 4.92 Å². The summed E-state index contributed by atoms with van der Waals surface area (Å²) < 4.78 is 0. The Morgan fingerprint density at radius 1 is 1.53 bits per heavy atom. The van der Waals surface area contributed by atoms with Crippen LogP contribution in [0.1, 0.15) is 25.7 Å². The third-order valence-corrected chi connectivity index (χ3v) is 3.57. The number of aromatic nitrogens is 1. The minimum absolute atomic E-state index is 0.0331. The average Bonchev–Trinajstić information content (AvgIpc) is 2.31. The number of anilines is 1. The summed E-state index contributed by atoms with van der Waals surface area (Å²) in [7, 11) is 0. The molecule has 0 unspecified atom stereocenters. The molecule has 19 heavy (non-hydrogen) atoms. The molecule has 1 aliphatic carbocycles. The van der Waals surface area contributed by atoms with Gasteiger partial charge in [-0.15, -0.1) is 0 Å². The molecule has 0 amide bonds. The molecule has 7 heteroatoms. The lowest BCUT2D eigenvalue weighted by atomic mass is 9.91. The van der Waals surface area contributed by atoms with E-state index in [0.29, 0.717) is 18.8 Å². The minimum Gasteiger partial charge on any atom is -0.396 e. The van der Waals surface area contributed by atoms with Gasteiger partial charge in [0.05, 0.1) is 4.92 Å². The molecule has 104 valence electrons. The summed E-state index contributed by atoms with van der Waals surface area (Å²) >= 11 is 5.86. The predicted octanol–water partition coefficient (Wildman–Crippen LogP) is 2.38. The van der Waals surface area contributed by atoms with Crippen LogP contribution in [0.2, 0.25) is 5.15 Å². The molecule has 0 bridgehead atoms. The Balaban J connectivity index is 2.33. The Morgan fingerprint density at radius 3 is 2.79 bits per heavy atom. The Bertz CT molecular complexity index is 466. The van der Waals surface area contributed by atoms with Gasteiger partial charge in [-0.05, 0) is 31.7 Å². The summed E-state index contributed by atoms with van der Waals surface area (Å²) in [6.07, 6.45) is 3.67. The first-order chi connectivity index (χ1) is 9.13. The highest BCUT2D eigenvalue weighted by atomic mass is 35.5. The van der Waals surface area contributed by atoms with Gasteiger partial charge < -0.3 is 10.0 Å². The number of halogens is 1. The molecule has 1 aromatic heterocycles. The minimum atomic E-state index is -0.441. The molecule has 1 N–H and O–H groups in total. The molecule has 0 radical (unpaired) electrons. The molecule has 1 saturated carbocycles. The van der Waals surface area contributed by atoms with Crippen LogP contribution in [0.15, 0.2) is 12.1 Å². The van der Waals surface area contributed by atoms with Gasteiger partial charge in [0.25, 0.3) is 0 Å². The maximum atomic E-state index is 11.1. The van der Waals surface area contributed by atoms with Crippen molar-refractivity contribution in [2.75, 3.05) is 18.1 Å². The first-order valence-electron chi connectivity index (χ1n) is 6.32. The number of aliphatic hydroxyl groups is 1. The maximum absolute atomic E-state index is 11.1. The Hall–Kier alpha value is -1.40. The molecule has 1 aliphatic rings. The van der Waals surface area contributed by atoms with E-state index >= 15 is 0 Å². The SMILES string of the molecule is O=[N+]([O-])c1ccc(Cl)nc1N(CCCO)C1CCC1. The number of rotatable bonds is 6. The molecule has 6 nitrogen and oxygen atoms in total. The highest BCUT2D eigenvalue weighted by Crippen LogP contribution is 2.34. The van der Waals surface area contributed by atoms with Crippen molar-refractivity contribution in [3.05, 3.63) is 27.4 Å². The van der Waals surface area contributed by atoms with Crippen LogP contribution in [0, 0.1) is 10.1 Å². The molecule has 1 heterocycles. The molecular formula is C12H16ClN3O3. The second-order valence-electron chi connectivity index (χ2n) is 4.59. The second kappa shape index (κ2) is 6.16. The number of hydrogen-bond acceptors (Lipinski definition) is 5. The van der Waals surface area contributed by atoms with Crippen LogP contribution in [0.4, 0.5) is 11.5 Å². The fourth-order valence-corrected chi connectivity index (χ4v) is 2.32. The first-order valence-corrected chi connectivity index (χ1v) is 6.69. The molecule has 1 aromatic rings. The molecular weight excluding hydrogens is 270 g/mol. The van der Waals surface area contributed by atoms with Crippen LogP contribution in [0.5, 0.6) is 0 Å². The van der Waals surface area contributed by atoms with Gasteiger partial charge in [0.15, 0.2) is 0 Å². The van der Waals surface area contributed by atoms with Gasteiger partial charge in [-0.3, -0.25) is 10.1 Å². The number of nitro groups is 1. The van der Waals surface area contributed by atoms with E-state index in [1.165, 1.54) is 12.1 Å². The van der Waals surface area contributed by atoms with Crippen molar-refractivity contribution < 1.29 is 10.0 Å². The van der Waals surface area contributed by atoms with E-state index in [9.17, 15) is 10.1 Å². The van der Waals surface area contributed by atoms with Gasteiger partial charge in [0.1, 0.15) is 5.15 Å². The van der Waals surface area contributed by atoms with Crippen molar-refractivity contribution in [1.29, 1.82) is 0 Å². The van der Waals surface area contributed by atoms with Gasteiger partial charge in [-0.25, -0.2) is 4.98 Å². The fraction of sp³-hybridized carbons (Fsp3) is 0.583. The lowest BCUT2D eigenvalue weighted by Crippen LogP contribution is -2.42. The molecule has 0 saturated heterocycles. The third-order valence-electron chi connectivity index (χ3n) is 3.36. The van der Waals surface area contributed by atoms with Crippen molar-refractivity contribution in [2.24, 2.45) is 0 Å². The van der Waals surface area contributed by atoms with Gasteiger partial charge in [-0.2, -0.15) is 0 Å². The summed E-state index contributed by atoms with van der Waals surface area (Å²) in [6, 6.07) is 3.07. The largest absolute Gasteiger partial charge is 0.396 e. The highest BCUT2D eigenvalue weighted by molar-refractivity contribution is 6.29. The third kappa shape index (κ3) is 3.13. The topological polar surface area (TPSA) is 79.5 Å². The molecule has 0 spiro atoms. The monoisotopic (exact) mass is 285 g/mol. The van der Waals surface area contributed by atoms with Gasteiger partial charge in [-0.1, -0.05) is 11.6 Å². The van der Waals surface area contributed by atoms with E-state index in [0.717, 1.165) is 19.3 Å². The van der Waals surface area contributed by atoms with Gasteiger partial charge in [0.2, 0.25) is 5.82 Å². The fourth-order valence-electron chi connectivity index (χ4n) is 2.17. The Kier molecular flexibility index (Phi) is 4.55. The summed E-state index contributed by atoms with van der Waals surface area (Å²) in [5.74, 6) is 0.315. The van der Waals surface area contributed by atoms with E-state index in [-0.39, 0.29) is 23.5 Å². The van der Waals surface area contributed by atoms with Crippen molar-refractivity contribution >= 4 is 23.1 Å². The van der Waals surface area contributed by atoms with E-state index in [4.69, 9.17) is 16.7 Å². The quantitative estimate of drug-likeness (QED) is 0.493. The van der Waals surface area contributed by atoms with Crippen LogP contribution in [-0.4, -0.2) is 34.2 Å².